The Morgan fingerprint density at radius 1 is 0.783 bits per heavy atom. The maximum atomic E-state index is 5.49. The molecule has 2 aromatic carbocycles. The van der Waals surface area contributed by atoms with E-state index in [2.05, 4.69) is 36.1 Å². The van der Waals surface area contributed by atoms with Crippen LogP contribution in [0.5, 0.6) is 11.5 Å². The van der Waals surface area contributed by atoms with Gasteiger partial charge in [-0.05, 0) is 54.7 Å². The molecule has 0 saturated carbocycles. The lowest BCUT2D eigenvalue weighted by atomic mass is 10.0. The predicted molar refractivity (Wildman–Crippen MR) is 93.8 cm³/mol. The van der Waals surface area contributed by atoms with E-state index in [4.69, 9.17) is 22.3 Å². The molecule has 0 atom stereocenters. The third-order valence-electron chi connectivity index (χ3n) is 3.51. The van der Waals surface area contributed by atoms with Crippen molar-refractivity contribution in [2.75, 3.05) is 13.2 Å². The normalized spacial score (nSPS) is 9.74. The van der Waals surface area contributed by atoms with Crippen LogP contribution in [0.1, 0.15) is 22.3 Å². The van der Waals surface area contributed by atoms with E-state index in [0.717, 1.165) is 29.0 Å². The zero-order valence-electron chi connectivity index (χ0n) is 13.6. The Hall–Kier alpha value is -2.84. The van der Waals surface area contributed by atoms with Gasteiger partial charge in [-0.2, -0.15) is 0 Å². The van der Waals surface area contributed by atoms with Crippen LogP contribution in [0, 0.1) is 38.5 Å². The Kier molecular flexibility index (Phi) is 5.73. The average molecular weight is 304 g/mol. The summed E-state index contributed by atoms with van der Waals surface area (Å²) in [6.45, 7) is 4.63. The quantitative estimate of drug-likeness (QED) is 0.753. The van der Waals surface area contributed by atoms with Gasteiger partial charge in [0.1, 0.15) is 24.7 Å². The summed E-state index contributed by atoms with van der Waals surface area (Å²) in [7, 11) is 0. The molecule has 2 aromatic rings. The highest BCUT2D eigenvalue weighted by molar-refractivity contribution is 5.41. The van der Waals surface area contributed by atoms with Crippen molar-refractivity contribution in [1.29, 1.82) is 0 Å². The fraction of sp³-hybridized carbons (Fsp3) is 0.238. The second-order valence-electron chi connectivity index (χ2n) is 5.36. The van der Waals surface area contributed by atoms with Gasteiger partial charge in [0, 0.05) is 0 Å². The fourth-order valence-electron chi connectivity index (χ4n) is 2.44. The van der Waals surface area contributed by atoms with Crippen LogP contribution in [0.25, 0.3) is 0 Å². The van der Waals surface area contributed by atoms with Crippen molar-refractivity contribution in [3.05, 3.63) is 58.7 Å². The van der Waals surface area contributed by atoms with Gasteiger partial charge in [0.15, 0.2) is 0 Å². The van der Waals surface area contributed by atoms with Crippen molar-refractivity contribution in [2.45, 2.75) is 20.3 Å². The maximum absolute atomic E-state index is 5.49. The molecular weight excluding hydrogens is 284 g/mol. The van der Waals surface area contributed by atoms with E-state index in [1.54, 1.807) is 0 Å². The Labute approximate surface area is 138 Å². The molecule has 2 rings (SSSR count). The predicted octanol–water partition coefficient (Wildman–Crippen LogP) is 3.92. The molecule has 0 aliphatic heterocycles. The molecule has 2 nitrogen and oxygen atoms in total. The molecule has 2 heteroatoms. The monoisotopic (exact) mass is 304 g/mol. The van der Waals surface area contributed by atoms with E-state index in [1.807, 2.05) is 26.0 Å². The molecule has 0 aliphatic carbocycles. The summed E-state index contributed by atoms with van der Waals surface area (Å²) in [5.74, 6) is 6.62. The first kappa shape index (κ1) is 16.5. The van der Waals surface area contributed by atoms with Gasteiger partial charge in [0.25, 0.3) is 0 Å². The van der Waals surface area contributed by atoms with Gasteiger partial charge >= 0.3 is 0 Å². The molecule has 23 heavy (non-hydrogen) atoms. The molecule has 116 valence electrons. The number of rotatable bonds is 6. The van der Waals surface area contributed by atoms with Crippen LogP contribution in [0.3, 0.4) is 0 Å². The summed E-state index contributed by atoms with van der Waals surface area (Å²) >= 11 is 0. The van der Waals surface area contributed by atoms with Gasteiger partial charge in [0.2, 0.25) is 0 Å². The van der Waals surface area contributed by atoms with Gasteiger partial charge in [-0.15, -0.1) is 12.8 Å². The van der Waals surface area contributed by atoms with Crippen molar-refractivity contribution in [1.82, 2.24) is 0 Å². The minimum atomic E-state index is 0.290. The SMILES string of the molecule is C#CCOc1ccc(Cc2ccc(OCC#C)c(C)c2)cc1C. The molecule has 0 heterocycles. The molecule has 0 radical (unpaired) electrons. The van der Waals surface area contributed by atoms with Crippen LogP contribution in [-0.4, -0.2) is 13.2 Å². The van der Waals surface area contributed by atoms with Crippen LogP contribution < -0.4 is 9.47 Å². The summed E-state index contributed by atoms with van der Waals surface area (Å²) in [6, 6.07) is 12.3. The minimum absolute atomic E-state index is 0.290. The minimum Gasteiger partial charge on any atom is -0.481 e. The first-order valence-corrected chi connectivity index (χ1v) is 7.45. The van der Waals surface area contributed by atoms with E-state index >= 15 is 0 Å². The van der Waals surface area contributed by atoms with Crippen LogP contribution in [0.2, 0.25) is 0 Å². The largest absolute Gasteiger partial charge is 0.481 e. The van der Waals surface area contributed by atoms with E-state index in [1.165, 1.54) is 11.1 Å². The van der Waals surface area contributed by atoms with Crippen LogP contribution in [0.15, 0.2) is 36.4 Å². The lowest BCUT2D eigenvalue weighted by Gasteiger charge is -2.11. The summed E-state index contributed by atoms with van der Waals surface area (Å²) in [5, 5.41) is 0. The zero-order chi connectivity index (χ0) is 16.7. The van der Waals surface area contributed by atoms with Crippen LogP contribution in [0.4, 0.5) is 0 Å². The number of aryl methyl sites for hydroxylation is 2. The molecule has 0 fully saturated rings. The Bertz CT molecular complexity index is 695. The summed E-state index contributed by atoms with van der Waals surface area (Å²) < 4.78 is 11.0. The number of benzene rings is 2. The first-order valence-electron chi connectivity index (χ1n) is 7.45. The molecule has 0 N–H and O–H groups in total. The standard InChI is InChI=1S/C21H20O2/c1-5-11-22-20-9-7-18(13-16(20)3)15-19-8-10-21(17(4)14-19)23-12-6-2/h1-2,7-10,13-14H,11-12,15H2,3-4H3. The van der Waals surface area contributed by atoms with Crippen molar-refractivity contribution in [2.24, 2.45) is 0 Å². The molecule has 0 bridgehead atoms. The van der Waals surface area contributed by atoms with Crippen molar-refractivity contribution in [3.63, 3.8) is 0 Å². The van der Waals surface area contributed by atoms with Gasteiger partial charge < -0.3 is 9.47 Å². The number of terminal acetylenes is 2. The molecule has 0 spiro atoms. The molecule has 0 unspecified atom stereocenters. The zero-order valence-corrected chi connectivity index (χ0v) is 13.6. The smallest absolute Gasteiger partial charge is 0.148 e. The second kappa shape index (κ2) is 7.97. The topological polar surface area (TPSA) is 18.5 Å². The van der Waals surface area contributed by atoms with Crippen LogP contribution >= 0.6 is 0 Å². The molecule has 0 aromatic heterocycles. The van der Waals surface area contributed by atoms with E-state index in [-0.39, 0.29) is 0 Å². The van der Waals surface area contributed by atoms with Crippen molar-refractivity contribution in [3.8, 4) is 36.2 Å². The third kappa shape index (κ3) is 4.56. The van der Waals surface area contributed by atoms with Gasteiger partial charge in [-0.3, -0.25) is 0 Å². The van der Waals surface area contributed by atoms with E-state index in [0.29, 0.717) is 13.2 Å². The molecule has 0 saturated heterocycles. The highest BCUT2D eigenvalue weighted by Gasteiger charge is 2.05. The lowest BCUT2D eigenvalue weighted by Crippen LogP contribution is -1.98. The highest BCUT2D eigenvalue weighted by Crippen LogP contribution is 2.23. The highest BCUT2D eigenvalue weighted by atomic mass is 16.5. The van der Waals surface area contributed by atoms with Crippen molar-refractivity contribution >= 4 is 0 Å². The Balaban J connectivity index is 2.10. The van der Waals surface area contributed by atoms with Gasteiger partial charge in [-0.1, -0.05) is 36.1 Å². The van der Waals surface area contributed by atoms with Crippen molar-refractivity contribution < 1.29 is 9.47 Å². The summed E-state index contributed by atoms with van der Waals surface area (Å²) in [4.78, 5) is 0. The number of hydrogen-bond acceptors (Lipinski definition) is 2. The third-order valence-corrected chi connectivity index (χ3v) is 3.51. The van der Waals surface area contributed by atoms with E-state index < -0.39 is 0 Å². The molecule has 0 amide bonds. The summed E-state index contributed by atoms with van der Waals surface area (Å²) in [6.07, 6.45) is 11.3. The van der Waals surface area contributed by atoms with Crippen LogP contribution in [-0.2, 0) is 6.42 Å². The van der Waals surface area contributed by atoms with Gasteiger partial charge in [-0.25, -0.2) is 0 Å². The molecular formula is C21H20O2. The fourth-order valence-corrected chi connectivity index (χ4v) is 2.44. The second-order valence-corrected chi connectivity index (χ2v) is 5.36. The first-order chi connectivity index (χ1) is 11.1. The average Bonchev–Trinajstić information content (AvgIpc) is 2.53. The molecule has 0 aliphatic rings. The number of ether oxygens (including phenoxy) is 2. The maximum Gasteiger partial charge on any atom is 0.148 e. The Morgan fingerprint density at radius 3 is 1.57 bits per heavy atom. The summed E-state index contributed by atoms with van der Waals surface area (Å²) in [5.41, 5.74) is 4.63. The van der Waals surface area contributed by atoms with Gasteiger partial charge in [0.05, 0.1) is 0 Å². The lowest BCUT2D eigenvalue weighted by molar-refractivity contribution is 0.367. The van der Waals surface area contributed by atoms with E-state index in [9.17, 15) is 0 Å². The Morgan fingerprint density at radius 2 is 1.22 bits per heavy atom. The number of hydrogen-bond donors (Lipinski definition) is 0.